The zero-order valence-corrected chi connectivity index (χ0v) is 14.7. The number of para-hydroxylation sites is 2. The van der Waals surface area contributed by atoms with Crippen molar-refractivity contribution in [3.8, 4) is 5.75 Å². The Balaban J connectivity index is 1.93. The summed E-state index contributed by atoms with van der Waals surface area (Å²) in [4.78, 5) is 12.2. The Hall–Kier alpha value is -2.49. The van der Waals surface area contributed by atoms with Crippen molar-refractivity contribution in [1.82, 2.24) is 0 Å². The molecule has 2 rings (SSSR count). The summed E-state index contributed by atoms with van der Waals surface area (Å²) >= 11 is 0. The van der Waals surface area contributed by atoms with E-state index in [2.05, 4.69) is 17.6 Å². The quantitative estimate of drug-likeness (QED) is 0.701. The predicted molar refractivity (Wildman–Crippen MR) is 99.9 cm³/mol. The molecule has 128 valence electrons. The lowest BCUT2D eigenvalue weighted by Crippen LogP contribution is -2.22. The van der Waals surface area contributed by atoms with Crippen LogP contribution < -0.4 is 15.4 Å². The van der Waals surface area contributed by atoms with E-state index >= 15 is 0 Å². The van der Waals surface area contributed by atoms with Crippen molar-refractivity contribution in [2.45, 2.75) is 33.6 Å². The Morgan fingerprint density at radius 2 is 1.88 bits per heavy atom. The van der Waals surface area contributed by atoms with Gasteiger partial charge in [0.2, 0.25) is 5.91 Å². The SMILES string of the molecule is CCCCOc1ccccc1NCC(=O)Nc1cc(C)ccc1C. The molecule has 4 nitrogen and oxygen atoms in total. The second-order valence-electron chi connectivity index (χ2n) is 5.92. The Morgan fingerprint density at radius 1 is 1.08 bits per heavy atom. The van der Waals surface area contributed by atoms with Crippen LogP contribution in [0.3, 0.4) is 0 Å². The molecule has 2 aromatic rings. The second-order valence-corrected chi connectivity index (χ2v) is 5.92. The van der Waals surface area contributed by atoms with Gasteiger partial charge in [-0.25, -0.2) is 0 Å². The van der Waals surface area contributed by atoms with Gasteiger partial charge in [-0.2, -0.15) is 0 Å². The number of benzene rings is 2. The molecular weight excluding hydrogens is 300 g/mol. The standard InChI is InChI=1S/C20H26N2O2/c1-4-5-12-24-19-9-7-6-8-17(19)21-14-20(23)22-18-13-15(2)10-11-16(18)3/h6-11,13,21H,4-5,12,14H2,1-3H3,(H,22,23). The van der Waals surface area contributed by atoms with Gasteiger partial charge >= 0.3 is 0 Å². The van der Waals surface area contributed by atoms with Crippen LogP contribution in [0.4, 0.5) is 11.4 Å². The number of carbonyl (C=O) groups is 1. The van der Waals surface area contributed by atoms with Crippen molar-refractivity contribution in [2.24, 2.45) is 0 Å². The van der Waals surface area contributed by atoms with Gasteiger partial charge in [0.25, 0.3) is 0 Å². The van der Waals surface area contributed by atoms with Gasteiger partial charge in [-0.15, -0.1) is 0 Å². The number of hydrogen-bond acceptors (Lipinski definition) is 3. The molecule has 0 heterocycles. The molecule has 0 aliphatic carbocycles. The summed E-state index contributed by atoms with van der Waals surface area (Å²) in [6.07, 6.45) is 2.11. The lowest BCUT2D eigenvalue weighted by Gasteiger charge is -2.14. The van der Waals surface area contributed by atoms with E-state index in [0.717, 1.165) is 41.1 Å². The van der Waals surface area contributed by atoms with Crippen LogP contribution in [0.1, 0.15) is 30.9 Å². The van der Waals surface area contributed by atoms with Crippen LogP contribution in [0.5, 0.6) is 5.75 Å². The molecule has 2 N–H and O–H groups in total. The zero-order chi connectivity index (χ0) is 17.4. The first kappa shape index (κ1) is 17.9. The molecule has 0 aliphatic rings. The first-order valence-corrected chi connectivity index (χ1v) is 8.43. The fourth-order valence-corrected chi connectivity index (χ4v) is 2.31. The number of rotatable bonds is 8. The zero-order valence-electron chi connectivity index (χ0n) is 14.7. The van der Waals surface area contributed by atoms with Crippen molar-refractivity contribution in [2.75, 3.05) is 23.8 Å². The number of carbonyl (C=O) groups excluding carboxylic acids is 1. The summed E-state index contributed by atoms with van der Waals surface area (Å²) in [5.41, 5.74) is 3.87. The molecular formula is C20H26N2O2. The number of nitrogens with one attached hydrogen (secondary N) is 2. The maximum absolute atomic E-state index is 12.2. The highest BCUT2D eigenvalue weighted by Crippen LogP contribution is 2.24. The molecule has 4 heteroatoms. The van der Waals surface area contributed by atoms with E-state index in [4.69, 9.17) is 4.74 Å². The third kappa shape index (κ3) is 5.30. The molecule has 0 bridgehead atoms. The number of unbranched alkanes of at least 4 members (excludes halogenated alkanes) is 1. The number of anilines is 2. The van der Waals surface area contributed by atoms with Crippen molar-refractivity contribution in [3.63, 3.8) is 0 Å². The third-order valence-corrected chi connectivity index (χ3v) is 3.75. The van der Waals surface area contributed by atoms with Gasteiger partial charge in [0.05, 0.1) is 18.8 Å². The van der Waals surface area contributed by atoms with Gasteiger partial charge in [0, 0.05) is 5.69 Å². The summed E-state index contributed by atoms with van der Waals surface area (Å²) in [5, 5.41) is 6.11. The third-order valence-electron chi connectivity index (χ3n) is 3.75. The maximum atomic E-state index is 12.2. The molecule has 0 radical (unpaired) electrons. The molecule has 0 saturated carbocycles. The molecule has 0 saturated heterocycles. The van der Waals surface area contributed by atoms with Crippen LogP contribution in [-0.4, -0.2) is 19.1 Å². The van der Waals surface area contributed by atoms with Crippen molar-refractivity contribution in [3.05, 3.63) is 53.6 Å². The summed E-state index contributed by atoms with van der Waals surface area (Å²) in [6, 6.07) is 13.7. The lowest BCUT2D eigenvalue weighted by molar-refractivity contribution is -0.114. The summed E-state index contributed by atoms with van der Waals surface area (Å²) < 4.78 is 5.77. The minimum absolute atomic E-state index is 0.0768. The van der Waals surface area contributed by atoms with E-state index in [0.29, 0.717) is 6.61 Å². The van der Waals surface area contributed by atoms with Gasteiger partial charge in [-0.05, 0) is 49.6 Å². The predicted octanol–water partition coefficient (Wildman–Crippen LogP) is 4.53. The highest BCUT2D eigenvalue weighted by molar-refractivity contribution is 5.94. The van der Waals surface area contributed by atoms with Crippen LogP contribution in [0.15, 0.2) is 42.5 Å². The highest BCUT2D eigenvalue weighted by atomic mass is 16.5. The maximum Gasteiger partial charge on any atom is 0.243 e. The van der Waals surface area contributed by atoms with E-state index in [1.165, 1.54) is 0 Å². The van der Waals surface area contributed by atoms with E-state index in [1.54, 1.807) is 0 Å². The molecule has 0 aromatic heterocycles. The van der Waals surface area contributed by atoms with Gasteiger partial charge in [0.1, 0.15) is 5.75 Å². The first-order valence-electron chi connectivity index (χ1n) is 8.43. The van der Waals surface area contributed by atoms with Crippen LogP contribution in [0, 0.1) is 13.8 Å². The molecule has 0 fully saturated rings. The molecule has 24 heavy (non-hydrogen) atoms. The molecule has 2 aromatic carbocycles. The highest BCUT2D eigenvalue weighted by Gasteiger charge is 2.07. The fraction of sp³-hybridized carbons (Fsp3) is 0.350. The van der Waals surface area contributed by atoms with Crippen LogP contribution in [0.2, 0.25) is 0 Å². The Labute approximate surface area is 144 Å². The van der Waals surface area contributed by atoms with Crippen molar-refractivity contribution < 1.29 is 9.53 Å². The van der Waals surface area contributed by atoms with Gasteiger partial charge in [0.15, 0.2) is 0 Å². The Kier molecular flexibility index (Phi) is 6.67. The lowest BCUT2D eigenvalue weighted by atomic mass is 10.1. The Bertz CT molecular complexity index is 683. The van der Waals surface area contributed by atoms with E-state index in [9.17, 15) is 4.79 Å². The number of amides is 1. The van der Waals surface area contributed by atoms with Gasteiger partial charge < -0.3 is 15.4 Å². The number of aryl methyl sites for hydroxylation is 2. The number of ether oxygens (including phenoxy) is 1. The van der Waals surface area contributed by atoms with Crippen molar-refractivity contribution in [1.29, 1.82) is 0 Å². The van der Waals surface area contributed by atoms with Crippen molar-refractivity contribution >= 4 is 17.3 Å². The van der Waals surface area contributed by atoms with Gasteiger partial charge in [-0.1, -0.05) is 37.6 Å². The van der Waals surface area contributed by atoms with Crippen LogP contribution in [-0.2, 0) is 4.79 Å². The molecule has 0 atom stereocenters. The molecule has 0 spiro atoms. The average molecular weight is 326 g/mol. The normalized spacial score (nSPS) is 10.3. The van der Waals surface area contributed by atoms with E-state index in [-0.39, 0.29) is 12.5 Å². The monoisotopic (exact) mass is 326 g/mol. The minimum atomic E-state index is -0.0768. The number of hydrogen-bond donors (Lipinski definition) is 2. The molecule has 0 unspecified atom stereocenters. The van der Waals surface area contributed by atoms with Crippen LogP contribution >= 0.6 is 0 Å². The summed E-state index contributed by atoms with van der Waals surface area (Å²) in [6.45, 7) is 7.01. The van der Waals surface area contributed by atoms with E-state index < -0.39 is 0 Å². The molecule has 0 aliphatic heterocycles. The second kappa shape index (κ2) is 8.96. The Morgan fingerprint density at radius 3 is 2.67 bits per heavy atom. The molecule has 1 amide bonds. The summed E-state index contributed by atoms with van der Waals surface area (Å²) in [7, 11) is 0. The first-order chi connectivity index (χ1) is 11.6. The fourth-order valence-electron chi connectivity index (χ4n) is 2.31. The van der Waals surface area contributed by atoms with Gasteiger partial charge in [-0.3, -0.25) is 4.79 Å². The van der Waals surface area contributed by atoms with Crippen LogP contribution in [0.25, 0.3) is 0 Å². The summed E-state index contributed by atoms with van der Waals surface area (Å²) in [5.74, 6) is 0.706. The topological polar surface area (TPSA) is 50.4 Å². The minimum Gasteiger partial charge on any atom is -0.491 e. The largest absolute Gasteiger partial charge is 0.491 e. The van der Waals surface area contributed by atoms with E-state index in [1.807, 2.05) is 56.3 Å². The average Bonchev–Trinajstić information content (AvgIpc) is 2.57. The smallest absolute Gasteiger partial charge is 0.243 e.